The van der Waals surface area contributed by atoms with Gasteiger partial charge in [0, 0.05) is 23.6 Å². The van der Waals surface area contributed by atoms with Crippen LogP contribution >= 0.6 is 15.9 Å². The van der Waals surface area contributed by atoms with Crippen molar-refractivity contribution in [1.29, 1.82) is 0 Å². The molecule has 0 radical (unpaired) electrons. The maximum atomic E-state index is 3.48. The van der Waals surface area contributed by atoms with Crippen LogP contribution in [0.1, 0.15) is 37.7 Å². The fourth-order valence-electron chi connectivity index (χ4n) is 2.87. The van der Waals surface area contributed by atoms with Crippen LogP contribution < -0.4 is 0 Å². The van der Waals surface area contributed by atoms with Crippen LogP contribution in [0, 0.1) is 0 Å². The molecule has 0 atom stereocenters. The highest BCUT2D eigenvalue weighted by atomic mass is 79.9. The van der Waals surface area contributed by atoms with Crippen molar-refractivity contribution in [3.8, 4) is 0 Å². The summed E-state index contributed by atoms with van der Waals surface area (Å²) < 4.78 is 1.16. The molecule has 1 aliphatic carbocycles. The van der Waals surface area contributed by atoms with Gasteiger partial charge in [-0.3, -0.25) is 4.90 Å². The van der Waals surface area contributed by atoms with E-state index >= 15 is 0 Å². The van der Waals surface area contributed by atoms with E-state index in [4.69, 9.17) is 0 Å². The summed E-state index contributed by atoms with van der Waals surface area (Å²) in [6.45, 7) is 2.54. The summed E-state index contributed by atoms with van der Waals surface area (Å²) in [6, 6.07) is 9.54. The number of benzene rings is 1. The maximum Gasteiger partial charge on any atom is 0.0175 e. The Hall–Kier alpha value is -0.600. The van der Waals surface area contributed by atoms with Gasteiger partial charge in [0.15, 0.2) is 0 Å². The van der Waals surface area contributed by atoms with Crippen LogP contribution in [0.25, 0.3) is 6.08 Å². The van der Waals surface area contributed by atoms with Crippen molar-refractivity contribution in [3.05, 3.63) is 39.9 Å². The Morgan fingerprint density at radius 3 is 2.28 bits per heavy atom. The minimum atomic E-state index is 0.916. The molecule has 0 bridgehead atoms. The molecule has 1 saturated heterocycles. The molecule has 2 fully saturated rings. The number of rotatable bonds is 2. The first-order valence-corrected chi connectivity index (χ1v) is 7.79. The second-order valence-electron chi connectivity index (χ2n) is 5.47. The van der Waals surface area contributed by atoms with Gasteiger partial charge < -0.3 is 0 Å². The van der Waals surface area contributed by atoms with Crippen molar-refractivity contribution in [3.63, 3.8) is 0 Å². The van der Waals surface area contributed by atoms with E-state index in [0.29, 0.717) is 0 Å². The third kappa shape index (κ3) is 2.86. The largest absolute Gasteiger partial charge is 0.300 e. The molecule has 0 aromatic heterocycles. The summed E-state index contributed by atoms with van der Waals surface area (Å²) in [5, 5.41) is 0. The molecular weight excluding hydrogens is 286 g/mol. The highest BCUT2D eigenvalue weighted by Gasteiger charge is 2.26. The average molecular weight is 306 g/mol. The van der Waals surface area contributed by atoms with Crippen molar-refractivity contribution >= 4 is 22.0 Å². The topological polar surface area (TPSA) is 3.24 Å². The quantitative estimate of drug-likeness (QED) is 0.778. The first-order valence-electron chi connectivity index (χ1n) is 7.00. The number of halogens is 1. The van der Waals surface area contributed by atoms with E-state index in [1.54, 1.807) is 5.57 Å². The van der Waals surface area contributed by atoms with Gasteiger partial charge in [-0.1, -0.05) is 46.1 Å². The molecule has 1 saturated carbocycles. The second kappa shape index (κ2) is 5.58. The normalized spacial score (nSPS) is 21.7. The molecule has 3 rings (SSSR count). The Kier molecular flexibility index (Phi) is 3.86. The molecule has 1 aromatic rings. The predicted octanol–water partition coefficient (Wildman–Crippen LogP) is 4.48. The predicted molar refractivity (Wildman–Crippen MR) is 80.6 cm³/mol. The molecule has 2 aliphatic rings. The lowest BCUT2D eigenvalue weighted by molar-refractivity contribution is 0.118. The Bertz CT molecular complexity index is 421. The molecule has 96 valence electrons. The Balaban J connectivity index is 1.59. The highest BCUT2D eigenvalue weighted by Crippen LogP contribution is 2.29. The lowest BCUT2D eigenvalue weighted by Crippen LogP contribution is -2.43. The molecule has 0 amide bonds. The third-order valence-electron chi connectivity index (χ3n) is 4.27. The molecule has 18 heavy (non-hydrogen) atoms. The van der Waals surface area contributed by atoms with Gasteiger partial charge >= 0.3 is 0 Å². The molecule has 1 nitrogen and oxygen atoms in total. The summed E-state index contributed by atoms with van der Waals surface area (Å²) in [4.78, 5) is 2.70. The molecule has 0 spiro atoms. The first-order chi connectivity index (χ1) is 8.81. The summed E-state index contributed by atoms with van der Waals surface area (Å²) in [5.74, 6) is 0. The molecule has 1 heterocycles. The summed E-state index contributed by atoms with van der Waals surface area (Å²) in [5.41, 5.74) is 2.96. The zero-order valence-electron chi connectivity index (χ0n) is 10.7. The van der Waals surface area contributed by atoms with Crippen LogP contribution in [0.4, 0.5) is 0 Å². The molecule has 2 heteroatoms. The van der Waals surface area contributed by atoms with Crippen LogP contribution in [0.2, 0.25) is 0 Å². The summed E-state index contributed by atoms with van der Waals surface area (Å²) in [7, 11) is 0. The second-order valence-corrected chi connectivity index (χ2v) is 6.39. The zero-order chi connectivity index (χ0) is 12.4. The lowest BCUT2D eigenvalue weighted by atomic mass is 9.89. The van der Waals surface area contributed by atoms with E-state index in [2.05, 4.69) is 51.2 Å². The average Bonchev–Trinajstić information content (AvgIpc) is 2.32. The SMILES string of the molecule is Brc1ccc(C=C2CCN(C3CCC3)CC2)cc1. The van der Waals surface area contributed by atoms with Crippen LogP contribution in [-0.2, 0) is 0 Å². The number of piperidine rings is 1. The van der Waals surface area contributed by atoms with Gasteiger partial charge in [-0.25, -0.2) is 0 Å². The van der Waals surface area contributed by atoms with Crippen LogP contribution in [0.15, 0.2) is 34.3 Å². The van der Waals surface area contributed by atoms with E-state index in [1.165, 1.54) is 50.8 Å². The van der Waals surface area contributed by atoms with Crippen LogP contribution in [0.5, 0.6) is 0 Å². The van der Waals surface area contributed by atoms with Crippen molar-refractivity contribution < 1.29 is 0 Å². The molecular formula is C16H20BrN. The first kappa shape index (κ1) is 12.4. The Morgan fingerprint density at radius 2 is 1.72 bits per heavy atom. The monoisotopic (exact) mass is 305 g/mol. The van der Waals surface area contributed by atoms with E-state index in [9.17, 15) is 0 Å². The smallest absolute Gasteiger partial charge is 0.0175 e. The van der Waals surface area contributed by atoms with Crippen molar-refractivity contribution in [2.24, 2.45) is 0 Å². The van der Waals surface area contributed by atoms with E-state index in [1.807, 2.05) is 0 Å². The maximum absolute atomic E-state index is 3.48. The fourth-order valence-corrected chi connectivity index (χ4v) is 3.13. The third-order valence-corrected chi connectivity index (χ3v) is 4.80. The molecule has 1 aromatic carbocycles. The zero-order valence-corrected chi connectivity index (χ0v) is 12.3. The molecule has 1 aliphatic heterocycles. The molecule has 0 unspecified atom stereocenters. The van der Waals surface area contributed by atoms with Crippen molar-refractivity contribution in [1.82, 2.24) is 4.90 Å². The summed E-state index contributed by atoms with van der Waals surface area (Å²) >= 11 is 3.48. The lowest BCUT2D eigenvalue weighted by Gasteiger charge is -2.40. The summed E-state index contributed by atoms with van der Waals surface area (Å²) in [6.07, 6.45) is 9.21. The van der Waals surface area contributed by atoms with Crippen LogP contribution in [0.3, 0.4) is 0 Å². The molecule has 0 N–H and O–H groups in total. The number of nitrogens with zero attached hydrogens (tertiary/aromatic N) is 1. The van der Waals surface area contributed by atoms with E-state index in [-0.39, 0.29) is 0 Å². The Morgan fingerprint density at radius 1 is 1.06 bits per heavy atom. The number of hydrogen-bond donors (Lipinski definition) is 0. The van der Waals surface area contributed by atoms with Gasteiger partial charge in [-0.2, -0.15) is 0 Å². The standard InChI is InChI=1S/C16H20BrN/c17-15-6-4-13(5-7-15)12-14-8-10-18(11-9-14)16-2-1-3-16/h4-7,12,16H,1-3,8-11H2. The van der Waals surface area contributed by atoms with Crippen molar-refractivity contribution in [2.75, 3.05) is 13.1 Å². The van der Waals surface area contributed by atoms with Crippen LogP contribution in [-0.4, -0.2) is 24.0 Å². The van der Waals surface area contributed by atoms with Gasteiger partial charge in [0.2, 0.25) is 0 Å². The van der Waals surface area contributed by atoms with Gasteiger partial charge in [0.25, 0.3) is 0 Å². The highest BCUT2D eigenvalue weighted by molar-refractivity contribution is 9.10. The van der Waals surface area contributed by atoms with E-state index < -0.39 is 0 Å². The van der Waals surface area contributed by atoms with Gasteiger partial charge in [-0.05, 0) is 43.4 Å². The van der Waals surface area contributed by atoms with Gasteiger partial charge in [0.05, 0.1) is 0 Å². The number of likely N-dealkylation sites (tertiary alicyclic amines) is 1. The minimum Gasteiger partial charge on any atom is -0.300 e. The van der Waals surface area contributed by atoms with Gasteiger partial charge in [-0.15, -0.1) is 0 Å². The van der Waals surface area contributed by atoms with E-state index in [0.717, 1.165) is 10.5 Å². The number of hydrogen-bond acceptors (Lipinski definition) is 1. The fraction of sp³-hybridized carbons (Fsp3) is 0.500. The van der Waals surface area contributed by atoms with Gasteiger partial charge in [0.1, 0.15) is 0 Å². The minimum absolute atomic E-state index is 0.916. The van der Waals surface area contributed by atoms with Crippen molar-refractivity contribution in [2.45, 2.75) is 38.1 Å². The Labute approximate surface area is 118 Å².